The second kappa shape index (κ2) is 7.51. The number of nitrogens with one attached hydrogen (secondary N) is 2. The number of urea groups is 1. The summed E-state index contributed by atoms with van der Waals surface area (Å²) in [6.45, 7) is 0.142. The first-order valence-corrected chi connectivity index (χ1v) is 7.46. The highest BCUT2D eigenvalue weighted by atomic mass is 19.1. The van der Waals surface area contributed by atoms with E-state index in [1.165, 1.54) is 29.5 Å². The summed E-state index contributed by atoms with van der Waals surface area (Å²) in [6.07, 6.45) is 2.76. The second-order valence-corrected chi connectivity index (χ2v) is 5.10. The quantitative estimate of drug-likeness (QED) is 0.703. The van der Waals surface area contributed by atoms with Gasteiger partial charge in [0.25, 0.3) is 5.56 Å². The number of hydrogen-bond donors (Lipinski definition) is 2. The van der Waals surface area contributed by atoms with E-state index in [0.29, 0.717) is 11.9 Å². The maximum atomic E-state index is 13.5. The molecule has 0 aliphatic heterocycles. The number of carbonyl (C=O) groups excluding carboxylic acids is 1. The van der Waals surface area contributed by atoms with Crippen LogP contribution in [0, 0.1) is 11.6 Å². The first-order chi connectivity index (χ1) is 12.5. The Hall–Kier alpha value is -3.63. The van der Waals surface area contributed by atoms with E-state index in [1.54, 1.807) is 0 Å². The molecule has 2 aromatic heterocycles. The summed E-state index contributed by atoms with van der Waals surface area (Å²) < 4.78 is 28.8. The smallest absolute Gasteiger partial charge is 0.319 e. The molecule has 0 saturated heterocycles. The lowest BCUT2D eigenvalue weighted by Gasteiger charge is -2.10. The van der Waals surface area contributed by atoms with Crippen molar-refractivity contribution in [1.82, 2.24) is 29.9 Å². The molecule has 0 fully saturated rings. The van der Waals surface area contributed by atoms with Crippen molar-refractivity contribution >= 4 is 11.7 Å². The number of aromatic nitrogens is 5. The SMILES string of the molecule is O=C(NCCn1nc(-n2cncn2)ccc1=O)Nc1ccc(F)cc1F. The van der Waals surface area contributed by atoms with Crippen LogP contribution in [0.5, 0.6) is 0 Å². The van der Waals surface area contributed by atoms with Crippen molar-refractivity contribution in [1.29, 1.82) is 0 Å². The Balaban J connectivity index is 1.58. The lowest BCUT2D eigenvalue weighted by Crippen LogP contribution is -2.34. The van der Waals surface area contributed by atoms with E-state index < -0.39 is 17.7 Å². The number of rotatable bonds is 5. The fourth-order valence-electron chi connectivity index (χ4n) is 2.08. The lowest BCUT2D eigenvalue weighted by molar-refractivity contribution is 0.251. The fourth-order valence-corrected chi connectivity index (χ4v) is 2.08. The monoisotopic (exact) mass is 361 g/mol. The summed E-state index contributed by atoms with van der Waals surface area (Å²) in [5.74, 6) is -1.25. The molecule has 2 amide bonds. The Morgan fingerprint density at radius 3 is 2.77 bits per heavy atom. The largest absolute Gasteiger partial charge is 0.336 e. The number of carbonyl (C=O) groups is 1. The van der Waals surface area contributed by atoms with E-state index in [4.69, 9.17) is 0 Å². The van der Waals surface area contributed by atoms with Gasteiger partial charge in [-0.1, -0.05) is 0 Å². The number of nitrogens with zero attached hydrogens (tertiary/aromatic N) is 5. The topological polar surface area (TPSA) is 107 Å². The molecule has 0 radical (unpaired) electrons. The first kappa shape index (κ1) is 17.2. The van der Waals surface area contributed by atoms with Gasteiger partial charge in [0.15, 0.2) is 5.82 Å². The van der Waals surface area contributed by atoms with Gasteiger partial charge in [0, 0.05) is 18.7 Å². The van der Waals surface area contributed by atoms with Crippen LogP contribution in [0.3, 0.4) is 0 Å². The molecule has 1 aromatic carbocycles. The van der Waals surface area contributed by atoms with Gasteiger partial charge >= 0.3 is 6.03 Å². The molecule has 11 heteroatoms. The van der Waals surface area contributed by atoms with Gasteiger partial charge in [-0.15, -0.1) is 5.10 Å². The van der Waals surface area contributed by atoms with Gasteiger partial charge < -0.3 is 10.6 Å². The highest BCUT2D eigenvalue weighted by Crippen LogP contribution is 2.14. The summed E-state index contributed by atoms with van der Waals surface area (Å²) in [5, 5.41) is 12.7. The predicted octanol–water partition coefficient (Wildman–Crippen LogP) is 0.924. The van der Waals surface area contributed by atoms with Gasteiger partial charge in [0.1, 0.15) is 24.3 Å². The number of amides is 2. The predicted molar refractivity (Wildman–Crippen MR) is 86.8 cm³/mol. The normalized spacial score (nSPS) is 10.5. The molecular formula is C15H13F2N7O2. The molecule has 26 heavy (non-hydrogen) atoms. The van der Waals surface area contributed by atoms with Crippen molar-refractivity contribution in [3.05, 3.63) is 65.0 Å². The number of benzene rings is 1. The summed E-state index contributed by atoms with van der Waals surface area (Å²) in [5.41, 5.74) is -0.520. The Labute approximate surface area is 145 Å². The molecule has 3 rings (SSSR count). The third kappa shape index (κ3) is 4.06. The van der Waals surface area contributed by atoms with Crippen LogP contribution < -0.4 is 16.2 Å². The third-order valence-electron chi connectivity index (χ3n) is 3.29. The highest BCUT2D eigenvalue weighted by molar-refractivity contribution is 5.89. The van der Waals surface area contributed by atoms with E-state index in [9.17, 15) is 18.4 Å². The Kier molecular flexibility index (Phi) is 4.97. The van der Waals surface area contributed by atoms with Crippen molar-refractivity contribution in [2.75, 3.05) is 11.9 Å². The maximum Gasteiger partial charge on any atom is 0.319 e. The van der Waals surface area contributed by atoms with Crippen molar-refractivity contribution in [3.8, 4) is 5.82 Å². The molecule has 0 unspecified atom stereocenters. The van der Waals surface area contributed by atoms with Gasteiger partial charge in [-0.25, -0.2) is 27.9 Å². The van der Waals surface area contributed by atoms with E-state index in [2.05, 4.69) is 25.8 Å². The van der Waals surface area contributed by atoms with E-state index >= 15 is 0 Å². The highest BCUT2D eigenvalue weighted by Gasteiger charge is 2.08. The summed E-state index contributed by atoms with van der Waals surface area (Å²) in [7, 11) is 0. The zero-order valence-corrected chi connectivity index (χ0v) is 13.3. The van der Waals surface area contributed by atoms with Crippen LogP contribution >= 0.6 is 0 Å². The molecule has 2 heterocycles. The lowest BCUT2D eigenvalue weighted by atomic mass is 10.3. The minimum Gasteiger partial charge on any atom is -0.336 e. The van der Waals surface area contributed by atoms with E-state index in [0.717, 1.165) is 16.8 Å². The summed E-state index contributed by atoms with van der Waals surface area (Å²) >= 11 is 0. The molecular weight excluding hydrogens is 348 g/mol. The zero-order chi connectivity index (χ0) is 18.5. The van der Waals surface area contributed by atoms with E-state index in [-0.39, 0.29) is 24.3 Å². The number of anilines is 1. The van der Waals surface area contributed by atoms with Crippen LogP contribution in [0.2, 0.25) is 0 Å². The van der Waals surface area contributed by atoms with Crippen molar-refractivity contribution < 1.29 is 13.6 Å². The Bertz CT molecular complexity index is 972. The Morgan fingerprint density at radius 1 is 1.19 bits per heavy atom. The van der Waals surface area contributed by atoms with Crippen molar-refractivity contribution in [2.45, 2.75) is 6.54 Å². The third-order valence-corrected chi connectivity index (χ3v) is 3.29. The van der Waals surface area contributed by atoms with Crippen LogP contribution in [0.15, 0.2) is 47.8 Å². The molecule has 0 aliphatic rings. The molecule has 3 aromatic rings. The van der Waals surface area contributed by atoms with Crippen molar-refractivity contribution in [2.24, 2.45) is 0 Å². The maximum absolute atomic E-state index is 13.5. The molecule has 134 valence electrons. The minimum absolute atomic E-state index is 0.0579. The molecule has 0 bridgehead atoms. The molecule has 0 atom stereocenters. The number of halogens is 2. The average molecular weight is 361 g/mol. The zero-order valence-electron chi connectivity index (χ0n) is 13.3. The van der Waals surface area contributed by atoms with Gasteiger partial charge in [-0.05, 0) is 18.2 Å². The molecule has 0 spiro atoms. The van der Waals surface area contributed by atoms with Gasteiger partial charge in [0.05, 0.1) is 12.2 Å². The second-order valence-electron chi connectivity index (χ2n) is 5.10. The van der Waals surface area contributed by atoms with Crippen LogP contribution in [-0.4, -0.2) is 37.1 Å². The van der Waals surface area contributed by atoms with Crippen LogP contribution in [0.4, 0.5) is 19.3 Å². The number of hydrogen-bond acceptors (Lipinski definition) is 5. The molecule has 2 N–H and O–H groups in total. The van der Waals surface area contributed by atoms with Gasteiger partial charge in [-0.2, -0.15) is 5.10 Å². The van der Waals surface area contributed by atoms with Crippen LogP contribution in [0.25, 0.3) is 5.82 Å². The van der Waals surface area contributed by atoms with E-state index in [1.807, 2.05) is 0 Å². The minimum atomic E-state index is -0.890. The van der Waals surface area contributed by atoms with Gasteiger partial charge in [0.2, 0.25) is 0 Å². The fraction of sp³-hybridized carbons (Fsp3) is 0.133. The van der Waals surface area contributed by atoms with Gasteiger partial charge in [-0.3, -0.25) is 4.79 Å². The molecule has 0 saturated carbocycles. The molecule has 0 aliphatic carbocycles. The van der Waals surface area contributed by atoms with Crippen LogP contribution in [-0.2, 0) is 6.54 Å². The Morgan fingerprint density at radius 2 is 2.04 bits per heavy atom. The standard InChI is InChI=1S/C15H13F2N7O2/c16-10-1-2-12(11(17)7-10)21-15(26)19-5-6-23-14(25)4-3-13(22-23)24-9-18-8-20-24/h1-4,7-9H,5-6H2,(H2,19,21,26). The van der Waals surface area contributed by atoms with Crippen LogP contribution in [0.1, 0.15) is 0 Å². The summed E-state index contributed by atoms with van der Waals surface area (Å²) in [4.78, 5) is 27.4. The molecule has 9 nitrogen and oxygen atoms in total. The summed E-state index contributed by atoms with van der Waals surface area (Å²) in [6, 6.07) is 4.91. The first-order valence-electron chi connectivity index (χ1n) is 7.46. The van der Waals surface area contributed by atoms with Crippen molar-refractivity contribution in [3.63, 3.8) is 0 Å². The average Bonchev–Trinajstić information content (AvgIpc) is 3.14.